The largest absolute Gasteiger partial charge is 0.496 e. The summed E-state index contributed by atoms with van der Waals surface area (Å²) >= 11 is 0. The van der Waals surface area contributed by atoms with E-state index >= 15 is 0 Å². The summed E-state index contributed by atoms with van der Waals surface area (Å²) in [5, 5.41) is 31.2. The minimum Gasteiger partial charge on any atom is -0.496 e. The van der Waals surface area contributed by atoms with Crippen molar-refractivity contribution in [2.45, 2.75) is 32.5 Å². The molecule has 2 aromatic heterocycles. The number of esters is 1. The Hall–Kier alpha value is -6.91. The van der Waals surface area contributed by atoms with Crippen LogP contribution < -0.4 is 9.47 Å². The first-order chi connectivity index (χ1) is 27.6. The summed E-state index contributed by atoms with van der Waals surface area (Å²) in [7, 11) is 4.42. The number of ether oxygens (including phenoxy) is 4. The van der Waals surface area contributed by atoms with E-state index in [1.54, 1.807) is 62.0 Å². The molecule has 57 heavy (non-hydrogen) atoms. The topological polar surface area (TPSA) is 196 Å². The van der Waals surface area contributed by atoms with Gasteiger partial charge in [0.15, 0.2) is 5.69 Å². The second-order valence-electron chi connectivity index (χ2n) is 12.6. The van der Waals surface area contributed by atoms with Crippen LogP contribution in [0.4, 0.5) is 11.4 Å². The quantitative estimate of drug-likeness (QED) is 0.0752. The molecule has 0 aliphatic carbocycles. The second-order valence-corrected chi connectivity index (χ2v) is 12.6. The highest BCUT2D eigenvalue weighted by molar-refractivity contribution is 5.86. The Morgan fingerprint density at radius 3 is 1.67 bits per heavy atom. The molecule has 3 heterocycles. The maximum absolute atomic E-state index is 11.5. The molecule has 1 aliphatic heterocycles. The number of hydrogen-bond donors (Lipinski definition) is 1. The second kappa shape index (κ2) is 20.1. The maximum Gasteiger partial charge on any atom is 0.358 e. The lowest BCUT2D eigenvalue weighted by atomic mass is 10.0. The van der Waals surface area contributed by atoms with Gasteiger partial charge in [0.05, 0.1) is 56.1 Å². The Kier molecular flexibility index (Phi) is 14.6. The third-order valence-corrected chi connectivity index (χ3v) is 8.70. The van der Waals surface area contributed by atoms with Gasteiger partial charge in [0.2, 0.25) is 0 Å². The van der Waals surface area contributed by atoms with Crippen LogP contribution in [-0.2, 0) is 29.2 Å². The Morgan fingerprint density at radius 2 is 1.25 bits per heavy atom. The number of non-ortho nitro benzene ring substituents is 2. The zero-order valence-corrected chi connectivity index (χ0v) is 31.6. The van der Waals surface area contributed by atoms with Crippen molar-refractivity contribution in [1.82, 2.24) is 19.1 Å². The Morgan fingerprint density at radius 1 is 0.737 bits per heavy atom. The van der Waals surface area contributed by atoms with Crippen molar-refractivity contribution in [1.29, 1.82) is 0 Å². The van der Waals surface area contributed by atoms with E-state index in [-0.39, 0.29) is 23.7 Å². The van der Waals surface area contributed by atoms with Gasteiger partial charge in [0.1, 0.15) is 11.5 Å². The number of nitro groups is 2. The number of carbonyl (C=O) groups excluding carboxylic acids is 1. The van der Waals surface area contributed by atoms with Crippen molar-refractivity contribution in [3.05, 3.63) is 153 Å². The van der Waals surface area contributed by atoms with Crippen LogP contribution in [0.2, 0.25) is 0 Å². The van der Waals surface area contributed by atoms with Crippen molar-refractivity contribution in [3.8, 4) is 33.8 Å². The summed E-state index contributed by atoms with van der Waals surface area (Å²) in [5.41, 5.74) is 5.72. The van der Waals surface area contributed by atoms with Crippen LogP contribution in [0.25, 0.3) is 22.3 Å². The molecule has 0 bridgehead atoms. The van der Waals surface area contributed by atoms with Crippen LogP contribution in [0.3, 0.4) is 0 Å². The summed E-state index contributed by atoms with van der Waals surface area (Å²) in [4.78, 5) is 40.9. The molecule has 0 amide bonds. The molecule has 7 rings (SSSR count). The lowest BCUT2D eigenvalue weighted by Gasteiger charge is -2.11. The van der Waals surface area contributed by atoms with Crippen LogP contribution >= 0.6 is 0 Å². The van der Waals surface area contributed by atoms with Gasteiger partial charge in [-0.3, -0.25) is 20.2 Å². The van der Waals surface area contributed by atoms with Crippen molar-refractivity contribution in [2.75, 3.05) is 34.5 Å². The maximum atomic E-state index is 11.5. The number of benzene rings is 4. The van der Waals surface area contributed by atoms with Gasteiger partial charge in [0, 0.05) is 74.1 Å². The van der Waals surface area contributed by atoms with Gasteiger partial charge in [-0.1, -0.05) is 36.4 Å². The first-order valence-corrected chi connectivity index (χ1v) is 17.7. The van der Waals surface area contributed by atoms with E-state index in [2.05, 4.69) is 14.7 Å². The van der Waals surface area contributed by atoms with Crippen molar-refractivity contribution in [2.24, 2.45) is 0 Å². The van der Waals surface area contributed by atoms with Gasteiger partial charge in [-0.15, -0.1) is 0 Å². The van der Waals surface area contributed by atoms with E-state index in [1.165, 1.54) is 44.2 Å². The molecular weight excluding hydrogens is 736 g/mol. The number of hydrogen-bond acceptors (Lipinski definition) is 12. The number of nitrogens with zero attached hydrogens (tertiary/aromatic N) is 6. The Balaban J connectivity index is 0.000000194. The summed E-state index contributed by atoms with van der Waals surface area (Å²) < 4.78 is 24.0. The monoisotopic (exact) mass is 778 g/mol. The molecule has 1 aliphatic rings. The number of aliphatic hydroxyl groups excluding tert-OH is 1. The molecule has 0 atom stereocenters. The van der Waals surface area contributed by atoms with E-state index in [1.807, 2.05) is 47.0 Å². The van der Waals surface area contributed by atoms with E-state index in [0.29, 0.717) is 35.8 Å². The van der Waals surface area contributed by atoms with Gasteiger partial charge in [-0.05, 0) is 59.4 Å². The van der Waals surface area contributed by atoms with E-state index in [9.17, 15) is 25.0 Å². The molecule has 1 N–H and O–H groups in total. The fourth-order valence-corrected chi connectivity index (χ4v) is 5.90. The summed E-state index contributed by atoms with van der Waals surface area (Å²) in [6.07, 6.45) is 9.13. The lowest BCUT2D eigenvalue weighted by molar-refractivity contribution is -0.385. The first kappa shape index (κ1) is 41.3. The van der Waals surface area contributed by atoms with Gasteiger partial charge in [0.25, 0.3) is 11.4 Å². The van der Waals surface area contributed by atoms with Crippen LogP contribution in [0, 0.1) is 20.2 Å². The Labute approximate surface area is 328 Å². The number of imidazole rings is 2. The SMILES string of the molecule is C1CCOC1.COC(=O)c1cn(Cc2ccc(OC)c(-c3cccc([N+](=O)[O-])c3)c2)cn1.COc1ccc(Cn2cnc(CO)c2)cc1-c1cccc([N+](=O)[O-])c1. The predicted octanol–water partition coefficient (Wildman–Crippen LogP) is 7.11. The highest BCUT2D eigenvalue weighted by Crippen LogP contribution is 2.34. The average molecular weight is 779 g/mol. The molecule has 4 aromatic carbocycles. The fourth-order valence-electron chi connectivity index (χ4n) is 5.90. The molecule has 0 unspecified atom stereocenters. The van der Waals surface area contributed by atoms with E-state index < -0.39 is 15.8 Å². The lowest BCUT2D eigenvalue weighted by Crippen LogP contribution is -2.02. The number of carbonyl (C=O) groups is 1. The fraction of sp³-hybridized carbons (Fsp3) is 0.244. The molecule has 16 heteroatoms. The van der Waals surface area contributed by atoms with Crippen molar-refractivity contribution < 1.29 is 38.7 Å². The zero-order valence-electron chi connectivity index (χ0n) is 31.6. The first-order valence-electron chi connectivity index (χ1n) is 17.7. The number of aliphatic hydroxyl groups is 1. The van der Waals surface area contributed by atoms with Gasteiger partial charge < -0.3 is 33.2 Å². The highest BCUT2D eigenvalue weighted by Gasteiger charge is 2.15. The van der Waals surface area contributed by atoms with E-state index in [0.717, 1.165) is 41.0 Å². The number of aromatic nitrogens is 4. The summed E-state index contributed by atoms with van der Waals surface area (Å²) in [6.45, 7) is 2.93. The standard InChI is InChI=1S/C19H17N3O5.C18H17N3O4.C4H8O/c1-26-18-7-6-13(10-21-11-17(20-12-21)19(23)27-2)8-16(18)14-4-3-5-15(9-14)22(24)25;1-25-18-6-5-13(9-20-10-15(11-22)19-12-20)7-17(18)14-3-2-4-16(8-14)21(23)24;1-2-4-5-3-1/h3-9,11-12H,10H2,1-2H3;2-8,10,12,22H,9,11H2,1H3;1-4H2. The third kappa shape index (κ3) is 11.3. The zero-order chi connectivity index (χ0) is 40.7. The highest BCUT2D eigenvalue weighted by atomic mass is 16.6. The van der Waals surface area contributed by atoms with Crippen LogP contribution in [-0.4, -0.2) is 74.6 Å². The predicted molar refractivity (Wildman–Crippen MR) is 210 cm³/mol. The Bertz CT molecular complexity index is 2290. The third-order valence-electron chi connectivity index (χ3n) is 8.70. The molecule has 0 spiro atoms. The molecule has 1 saturated heterocycles. The molecule has 296 valence electrons. The van der Waals surface area contributed by atoms with Gasteiger partial charge in [-0.2, -0.15) is 0 Å². The average Bonchev–Trinajstić information content (AvgIpc) is 4.06. The van der Waals surface area contributed by atoms with Crippen LogP contribution in [0.15, 0.2) is 110 Å². The number of rotatable bonds is 12. The molecule has 0 saturated carbocycles. The smallest absolute Gasteiger partial charge is 0.358 e. The summed E-state index contributed by atoms with van der Waals surface area (Å²) in [6, 6.07) is 24.1. The van der Waals surface area contributed by atoms with Gasteiger partial charge >= 0.3 is 5.97 Å². The molecule has 6 aromatic rings. The number of methoxy groups -OCH3 is 3. The van der Waals surface area contributed by atoms with Crippen molar-refractivity contribution >= 4 is 17.3 Å². The molecule has 1 fully saturated rings. The van der Waals surface area contributed by atoms with E-state index in [4.69, 9.17) is 19.3 Å². The normalized spacial score (nSPS) is 11.7. The molecule has 16 nitrogen and oxygen atoms in total. The number of nitro benzene ring substituents is 2. The molecule has 0 radical (unpaired) electrons. The molecular formula is C41H42N6O10. The van der Waals surface area contributed by atoms with Crippen LogP contribution in [0.1, 0.15) is 40.2 Å². The van der Waals surface area contributed by atoms with Gasteiger partial charge in [-0.25, -0.2) is 14.8 Å². The summed E-state index contributed by atoms with van der Waals surface area (Å²) in [5.74, 6) is 0.756. The van der Waals surface area contributed by atoms with Crippen LogP contribution in [0.5, 0.6) is 11.5 Å². The minimum atomic E-state index is -0.499. The van der Waals surface area contributed by atoms with Crippen molar-refractivity contribution in [3.63, 3.8) is 0 Å². The minimum absolute atomic E-state index is 0.0114.